The molecule has 8 nitrogen and oxygen atoms in total. The number of rotatable bonds is 11. The van der Waals surface area contributed by atoms with E-state index in [-0.39, 0.29) is 42.3 Å². The molecular weight excluding hydrogens is 525 g/mol. The first-order chi connectivity index (χ1) is 18.3. The number of pyridine rings is 1. The minimum Gasteiger partial charge on any atom is -0.491 e. The molecule has 0 bridgehead atoms. The topological polar surface area (TPSA) is 101 Å². The van der Waals surface area contributed by atoms with Crippen molar-refractivity contribution in [1.29, 1.82) is 0 Å². The summed E-state index contributed by atoms with van der Waals surface area (Å²) in [7, 11) is 0. The van der Waals surface area contributed by atoms with E-state index < -0.39 is 23.2 Å². The van der Waals surface area contributed by atoms with Crippen molar-refractivity contribution in [1.82, 2.24) is 9.88 Å². The predicted molar refractivity (Wildman–Crippen MR) is 151 cm³/mol. The predicted octanol–water partition coefficient (Wildman–Crippen LogP) is 7.06. The standard InChI is InChI=1S/C29H35ClFN3O5/c1-8-22-16-34(28(37)33-24(9-2)23(31)14-19(4)30)25(20(5)39-22)12-10-18(3)21-11-13-26(32-15-21)38-17-29(6,7)27(35)36/h10-15,22H,3-4,8-9,16-17H2,1-2,5-7H3,(H,35,36)/b12-10?,23-14+,33-24?. The first kappa shape index (κ1) is 31.5. The van der Waals surface area contributed by atoms with Crippen molar-refractivity contribution >= 4 is 34.9 Å². The fourth-order valence-electron chi connectivity index (χ4n) is 3.39. The van der Waals surface area contributed by atoms with Crippen LogP contribution in [0.2, 0.25) is 0 Å². The molecule has 1 aliphatic heterocycles. The van der Waals surface area contributed by atoms with Gasteiger partial charge in [0.05, 0.1) is 23.4 Å². The van der Waals surface area contributed by atoms with Crippen molar-refractivity contribution in [2.45, 2.75) is 53.6 Å². The number of aliphatic imine (C=N–C) groups is 1. The molecule has 2 amide bonds. The van der Waals surface area contributed by atoms with Crippen LogP contribution in [0.5, 0.6) is 5.88 Å². The van der Waals surface area contributed by atoms with Gasteiger partial charge in [-0.1, -0.05) is 44.7 Å². The summed E-state index contributed by atoms with van der Waals surface area (Å²) in [5, 5.41) is 9.22. The second kappa shape index (κ2) is 13.9. The van der Waals surface area contributed by atoms with Gasteiger partial charge in [-0.05, 0) is 63.0 Å². The quantitative estimate of drug-likeness (QED) is 0.230. The number of aliphatic carboxylic acids is 1. The van der Waals surface area contributed by atoms with Crippen LogP contribution < -0.4 is 4.74 Å². The maximum absolute atomic E-state index is 14.5. The number of hydrogen-bond donors (Lipinski definition) is 1. The Kier molecular flexibility index (Phi) is 11.2. The number of halogens is 2. The third-order valence-electron chi connectivity index (χ3n) is 5.90. The number of ether oxygens (including phenoxy) is 2. The monoisotopic (exact) mass is 559 g/mol. The summed E-state index contributed by atoms with van der Waals surface area (Å²) in [5.41, 5.74) is 0.669. The smallest absolute Gasteiger partial charge is 0.348 e. The van der Waals surface area contributed by atoms with Gasteiger partial charge in [0.2, 0.25) is 5.88 Å². The van der Waals surface area contributed by atoms with Crippen molar-refractivity contribution in [3.8, 4) is 5.88 Å². The van der Waals surface area contributed by atoms with Gasteiger partial charge in [-0.2, -0.15) is 4.99 Å². The number of carboxylic acid groups (broad SMARTS) is 1. The van der Waals surface area contributed by atoms with Crippen LogP contribution in [0.1, 0.15) is 53.0 Å². The lowest BCUT2D eigenvalue weighted by atomic mass is 9.95. The Morgan fingerprint density at radius 1 is 1.36 bits per heavy atom. The lowest BCUT2D eigenvalue weighted by Crippen LogP contribution is -2.40. The SMILES string of the molecule is C=C(Cl)/C=C(/F)C(CC)=NC(=O)N1CC(CC)OC(C)=C1C=CC(=C)c1ccc(OCC(C)(C)C(=O)O)nc1. The van der Waals surface area contributed by atoms with Gasteiger partial charge in [0, 0.05) is 17.3 Å². The molecule has 39 heavy (non-hydrogen) atoms. The van der Waals surface area contributed by atoms with E-state index in [9.17, 15) is 19.1 Å². The molecule has 210 valence electrons. The first-order valence-electron chi connectivity index (χ1n) is 12.5. The summed E-state index contributed by atoms with van der Waals surface area (Å²) < 4.78 is 26.0. The van der Waals surface area contributed by atoms with E-state index in [4.69, 9.17) is 21.1 Å². The van der Waals surface area contributed by atoms with Crippen LogP contribution in [0.3, 0.4) is 0 Å². The fourth-order valence-corrected chi connectivity index (χ4v) is 3.48. The highest BCUT2D eigenvalue weighted by Crippen LogP contribution is 2.27. The molecule has 10 heteroatoms. The van der Waals surface area contributed by atoms with Crippen LogP contribution in [0.15, 0.2) is 77.0 Å². The molecule has 1 aromatic rings. The van der Waals surface area contributed by atoms with Gasteiger partial charge < -0.3 is 14.6 Å². The minimum atomic E-state index is -1.05. The van der Waals surface area contributed by atoms with Crippen molar-refractivity contribution in [2.75, 3.05) is 13.2 Å². The molecule has 0 saturated carbocycles. The highest BCUT2D eigenvalue weighted by Gasteiger charge is 2.29. The van der Waals surface area contributed by atoms with Gasteiger partial charge >= 0.3 is 12.0 Å². The summed E-state index contributed by atoms with van der Waals surface area (Å²) in [6.45, 7) is 16.2. The highest BCUT2D eigenvalue weighted by molar-refractivity contribution is 6.31. The molecule has 0 radical (unpaired) electrons. The maximum atomic E-state index is 14.5. The van der Waals surface area contributed by atoms with E-state index >= 15 is 0 Å². The van der Waals surface area contributed by atoms with Gasteiger partial charge in [0.25, 0.3) is 0 Å². The van der Waals surface area contributed by atoms with E-state index in [1.165, 1.54) is 4.90 Å². The van der Waals surface area contributed by atoms with Crippen molar-refractivity contribution in [3.63, 3.8) is 0 Å². The number of aromatic nitrogens is 1. The van der Waals surface area contributed by atoms with E-state index in [0.717, 1.165) is 6.08 Å². The van der Waals surface area contributed by atoms with Crippen molar-refractivity contribution < 1.29 is 28.6 Å². The first-order valence-corrected chi connectivity index (χ1v) is 12.8. The molecule has 0 aliphatic carbocycles. The number of hydrogen-bond acceptors (Lipinski definition) is 5. The van der Waals surface area contributed by atoms with Gasteiger partial charge in [-0.3, -0.25) is 9.69 Å². The van der Waals surface area contributed by atoms with Crippen LogP contribution >= 0.6 is 11.6 Å². The van der Waals surface area contributed by atoms with Gasteiger partial charge in [-0.15, -0.1) is 0 Å². The summed E-state index contributed by atoms with van der Waals surface area (Å²) in [4.78, 5) is 34.1. The van der Waals surface area contributed by atoms with E-state index in [0.29, 0.717) is 29.0 Å². The number of urea groups is 1. The number of carboxylic acids is 1. The normalized spacial score (nSPS) is 16.8. The molecule has 0 fully saturated rings. The Hall–Kier alpha value is -3.72. The Bertz CT molecular complexity index is 1230. The average Bonchev–Trinajstić information content (AvgIpc) is 2.88. The number of carbonyl (C=O) groups is 2. The fraction of sp³-hybridized carbons (Fsp3) is 0.379. The largest absolute Gasteiger partial charge is 0.491 e. The van der Waals surface area contributed by atoms with Gasteiger partial charge in [0.1, 0.15) is 24.3 Å². The zero-order chi connectivity index (χ0) is 29.3. The Morgan fingerprint density at radius 2 is 2.05 bits per heavy atom. The van der Waals surface area contributed by atoms with Crippen LogP contribution in [0, 0.1) is 5.41 Å². The third-order valence-corrected chi connectivity index (χ3v) is 6.01. The molecular formula is C29H35ClFN3O5. The second-order valence-corrected chi connectivity index (χ2v) is 10.0. The molecule has 1 N–H and O–H groups in total. The van der Waals surface area contributed by atoms with Crippen LogP contribution in [-0.2, 0) is 9.53 Å². The molecule has 1 atom stereocenters. The number of nitrogens with zero attached hydrogens (tertiary/aromatic N) is 3. The number of amides is 2. The molecule has 0 saturated heterocycles. The van der Waals surface area contributed by atoms with Crippen molar-refractivity contribution in [3.05, 3.63) is 77.6 Å². The summed E-state index contributed by atoms with van der Waals surface area (Å²) in [6.07, 6.45) is 6.60. The van der Waals surface area contributed by atoms with Crippen LogP contribution in [-0.4, -0.2) is 52.0 Å². The third kappa shape index (κ3) is 8.92. The van der Waals surface area contributed by atoms with Crippen LogP contribution in [0.25, 0.3) is 5.57 Å². The van der Waals surface area contributed by atoms with Gasteiger partial charge in [0.15, 0.2) is 0 Å². The van der Waals surface area contributed by atoms with Crippen LogP contribution in [0.4, 0.5) is 9.18 Å². The summed E-state index contributed by atoms with van der Waals surface area (Å²) in [5.74, 6) is -0.878. The molecule has 1 unspecified atom stereocenters. The Morgan fingerprint density at radius 3 is 2.59 bits per heavy atom. The number of carbonyl (C=O) groups excluding carboxylic acids is 1. The van der Waals surface area contributed by atoms with E-state index in [1.54, 1.807) is 58.2 Å². The summed E-state index contributed by atoms with van der Waals surface area (Å²) >= 11 is 5.68. The number of allylic oxidation sites excluding steroid dienone is 7. The maximum Gasteiger partial charge on any atom is 0.348 e. The highest BCUT2D eigenvalue weighted by atomic mass is 35.5. The molecule has 1 aliphatic rings. The zero-order valence-corrected chi connectivity index (χ0v) is 23.7. The Labute approximate surface area is 233 Å². The molecule has 2 rings (SSSR count). The molecule has 1 aromatic heterocycles. The van der Waals surface area contributed by atoms with E-state index in [2.05, 4.69) is 23.1 Å². The lowest BCUT2D eigenvalue weighted by molar-refractivity contribution is -0.148. The van der Waals surface area contributed by atoms with Gasteiger partial charge in [-0.25, -0.2) is 14.2 Å². The second-order valence-electron chi connectivity index (χ2n) is 9.56. The van der Waals surface area contributed by atoms with Crippen molar-refractivity contribution in [2.24, 2.45) is 10.4 Å². The molecule has 0 spiro atoms. The summed E-state index contributed by atoms with van der Waals surface area (Å²) in [6, 6.07) is 2.74. The van der Waals surface area contributed by atoms with E-state index in [1.807, 2.05) is 6.92 Å². The zero-order valence-electron chi connectivity index (χ0n) is 23.0. The molecule has 2 heterocycles. The lowest BCUT2D eigenvalue weighted by Gasteiger charge is -2.33. The minimum absolute atomic E-state index is 0.00502. The average molecular weight is 560 g/mol. The Balaban J connectivity index is 2.26. The molecule has 0 aromatic carbocycles.